The van der Waals surface area contributed by atoms with Crippen molar-refractivity contribution in [3.8, 4) is 0 Å². The van der Waals surface area contributed by atoms with Crippen LogP contribution < -0.4 is 0 Å². The third-order valence-corrected chi connectivity index (χ3v) is 2.31. The number of carbonyl (C=O) groups is 2. The van der Waals surface area contributed by atoms with Gasteiger partial charge >= 0.3 is 0 Å². The molecule has 1 N–H and O–H groups in total. The monoisotopic (exact) mass is 207 g/mol. The maximum absolute atomic E-state index is 10.5. The van der Waals surface area contributed by atoms with Gasteiger partial charge in [0.2, 0.25) is 6.41 Å². The fraction of sp³-hybridized carbons (Fsp3) is 0.273. The number of hydrogen-bond acceptors (Lipinski definition) is 2. The summed E-state index contributed by atoms with van der Waals surface area (Å²) in [5.74, 6) is 0. The summed E-state index contributed by atoms with van der Waals surface area (Å²) in [6.45, 7) is 1.39. The average Bonchev–Trinajstić information content (AvgIpc) is 2.29. The highest BCUT2D eigenvalue weighted by molar-refractivity contribution is 5.49. The average molecular weight is 207 g/mol. The van der Waals surface area contributed by atoms with Gasteiger partial charge < -0.3 is 10.0 Å². The third-order valence-electron chi connectivity index (χ3n) is 2.31. The van der Waals surface area contributed by atoms with Gasteiger partial charge in [-0.3, -0.25) is 9.59 Å². The first-order valence-electron chi connectivity index (χ1n) is 4.65. The van der Waals surface area contributed by atoms with Crippen LogP contribution in [0.4, 0.5) is 0 Å². The number of fused-ring (bicyclic) bond motifs is 1. The lowest BCUT2D eigenvalue weighted by molar-refractivity contribution is -0.123. The van der Waals surface area contributed by atoms with Crippen LogP contribution in [0.2, 0.25) is 0 Å². The maximum Gasteiger partial charge on any atom is 0.290 e. The number of amides is 1. The molecule has 1 amide bonds. The highest BCUT2D eigenvalue weighted by atomic mass is 16.3. The molecule has 0 aliphatic carbocycles. The summed E-state index contributed by atoms with van der Waals surface area (Å²) in [5, 5.41) is 6.89. The molecular formula is C11H13NO3. The Kier molecular flexibility index (Phi) is 4.34. The summed E-state index contributed by atoms with van der Waals surface area (Å²) in [4.78, 5) is 20.7. The van der Waals surface area contributed by atoms with Crippen LogP contribution >= 0.6 is 0 Å². The minimum atomic E-state index is -0.250. The van der Waals surface area contributed by atoms with E-state index >= 15 is 0 Å². The Morgan fingerprint density at radius 2 is 1.80 bits per heavy atom. The van der Waals surface area contributed by atoms with E-state index in [1.165, 1.54) is 11.1 Å². The molecule has 15 heavy (non-hydrogen) atoms. The number of benzene rings is 1. The molecule has 0 saturated heterocycles. The van der Waals surface area contributed by atoms with Crippen molar-refractivity contribution >= 4 is 12.9 Å². The first kappa shape index (κ1) is 11.2. The van der Waals surface area contributed by atoms with Crippen LogP contribution in [0.25, 0.3) is 0 Å². The van der Waals surface area contributed by atoms with E-state index in [2.05, 4.69) is 18.2 Å². The lowest BCUT2D eigenvalue weighted by atomic mass is 10.0. The van der Waals surface area contributed by atoms with Gasteiger partial charge in [0.15, 0.2) is 0 Å². The molecule has 0 unspecified atom stereocenters. The number of nitrogens with zero attached hydrogens (tertiary/aromatic N) is 1. The Hall–Kier alpha value is -1.84. The molecule has 2 rings (SSSR count). The largest absolute Gasteiger partial charge is 0.483 e. The third kappa shape index (κ3) is 3.09. The zero-order valence-electron chi connectivity index (χ0n) is 8.30. The summed E-state index contributed by atoms with van der Waals surface area (Å²) < 4.78 is 0. The Bertz CT molecular complexity index is 338. The van der Waals surface area contributed by atoms with Crippen LogP contribution in [0.5, 0.6) is 0 Å². The van der Waals surface area contributed by atoms with Gasteiger partial charge in [-0.05, 0) is 17.5 Å². The van der Waals surface area contributed by atoms with Crippen LogP contribution in [0.1, 0.15) is 11.1 Å². The first-order valence-corrected chi connectivity index (χ1v) is 4.65. The first-order chi connectivity index (χ1) is 7.31. The van der Waals surface area contributed by atoms with Crippen LogP contribution in [0, 0.1) is 0 Å². The van der Waals surface area contributed by atoms with Gasteiger partial charge in [0.1, 0.15) is 0 Å². The fourth-order valence-electron chi connectivity index (χ4n) is 1.61. The highest BCUT2D eigenvalue weighted by Crippen LogP contribution is 2.16. The van der Waals surface area contributed by atoms with E-state index in [1.807, 2.05) is 11.0 Å². The number of carboxylic acid groups (broad SMARTS) is 1. The van der Waals surface area contributed by atoms with Crippen molar-refractivity contribution in [3.05, 3.63) is 35.4 Å². The Labute approximate surface area is 88.1 Å². The van der Waals surface area contributed by atoms with Gasteiger partial charge in [0.05, 0.1) is 0 Å². The molecule has 80 valence electrons. The van der Waals surface area contributed by atoms with Crippen molar-refractivity contribution in [2.75, 3.05) is 6.54 Å². The summed E-state index contributed by atoms with van der Waals surface area (Å²) in [7, 11) is 0. The second kappa shape index (κ2) is 5.80. The van der Waals surface area contributed by atoms with Gasteiger partial charge in [-0.15, -0.1) is 0 Å². The molecule has 0 spiro atoms. The molecule has 1 aromatic carbocycles. The van der Waals surface area contributed by atoms with Crippen molar-refractivity contribution in [1.82, 2.24) is 4.90 Å². The van der Waals surface area contributed by atoms with Crippen LogP contribution in [0.15, 0.2) is 24.3 Å². The quantitative estimate of drug-likeness (QED) is 0.696. The van der Waals surface area contributed by atoms with E-state index in [1.54, 1.807) is 0 Å². The van der Waals surface area contributed by atoms with Crippen LogP contribution in [-0.4, -0.2) is 29.4 Å². The molecule has 0 bridgehead atoms. The van der Waals surface area contributed by atoms with E-state index in [-0.39, 0.29) is 6.47 Å². The number of hydrogen-bond donors (Lipinski definition) is 1. The highest BCUT2D eigenvalue weighted by Gasteiger charge is 2.12. The number of rotatable bonds is 1. The van der Waals surface area contributed by atoms with Gasteiger partial charge in [-0.2, -0.15) is 0 Å². The van der Waals surface area contributed by atoms with E-state index in [9.17, 15) is 4.79 Å². The Morgan fingerprint density at radius 1 is 1.20 bits per heavy atom. The Morgan fingerprint density at radius 3 is 2.40 bits per heavy atom. The lowest BCUT2D eigenvalue weighted by Crippen LogP contribution is -2.28. The lowest BCUT2D eigenvalue weighted by Gasteiger charge is -2.24. The van der Waals surface area contributed by atoms with E-state index in [4.69, 9.17) is 9.90 Å². The van der Waals surface area contributed by atoms with Crippen LogP contribution in [0.3, 0.4) is 0 Å². The van der Waals surface area contributed by atoms with Crippen molar-refractivity contribution < 1.29 is 14.7 Å². The van der Waals surface area contributed by atoms with Crippen LogP contribution in [-0.2, 0) is 22.6 Å². The zero-order valence-corrected chi connectivity index (χ0v) is 8.30. The zero-order chi connectivity index (χ0) is 11.1. The van der Waals surface area contributed by atoms with Crippen molar-refractivity contribution in [2.24, 2.45) is 0 Å². The standard InChI is InChI=1S/C10H11NO.CH2O2/c12-8-11-6-5-9-3-1-2-4-10(9)7-11;2-1-3/h1-4,8H,5-7H2;1H,(H,2,3). The molecule has 4 heteroatoms. The molecule has 0 atom stereocenters. The molecule has 0 fully saturated rings. The molecule has 1 aromatic rings. The minimum Gasteiger partial charge on any atom is -0.483 e. The van der Waals surface area contributed by atoms with E-state index < -0.39 is 0 Å². The van der Waals surface area contributed by atoms with Crippen molar-refractivity contribution in [2.45, 2.75) is 13.0 Å². The summed E-state index contributed by atoms with van der Waals surface area (Å²) in [6, 6.07) is 8.30. The smallest absolute Gasteiger partial charge is 0.290 e. The minimum absolute atomic E-state index is 0.250. The van der Waals surface area contributed by atoms with Gasteiger partial charge in [-0.1, -0.05) is 24.3 Å². The molecule has 4 nitrogen and oxygen atoms in total. The second-order valence-corrected chi connectivity index (χ2v) is 3.20. The van der Waals surface area contributed by atoms with E-state index in [0.29, 0.717) is 0 Å². The molecule has 1 aliphatic rings. The Balaban J connectivity index is 0.000000337. The van der Waals surface area contributed by atoms with Crippen molar-refractivity contribution in [3.63, 3.8) is 0 Å². The van der Waals surface area contributed by atoms with Crippen molar-refractivity contribution in [1.29, 1.82) is 0 Å². The van der Waals surface area contributed by atoms with Gasteiger partial charge in [0.25, 0.3) is 6.47 Å². The molecule has 0 saturated carbocycles. The molecule has 1 aliphatic heterocycles. The predicted molar refractivity (Wildman–Crippen MR) is 55.3 cm³/mol. The van der Waals surface area contributed by atoms with Gasteiger partial charge in [0, 0.05) is 13.1 Å². The molecule has 0 radical (unpaired) electrons. The van der Waals surface area contributed by atoms with Gasteiger partial charge in [-0.25, -0.2) is 0 Å². The predicted octanol–water partition coefficient (Wildman–Crippen LogP) is 0.902. The summed E-state index contributed by atoms with van der Waals surface area (Å²) in [6.07, 6.45) is 1.92. The maximum atomic E-state index is 10.5. The fourth-order valence-corrected chi connectivity index (χ4v) is 1.61. The SMILES string of the molecule is O=CN1CCc2ccccc2C1.O=CO. The normalized spacial score (nSPS) is 13.2. The van der Waals surface area contributed by atoms with E-state index in [0.717, 1.165) is 25.9 Å². The molecule has 1 heterocycles. The molecule has 0 aromatic heterocycles. The summed E-state index contributed by atoms with van der Waals surface area (Å²) >= 11 is 0. The summed E-state index contributed by atoms with van der Waals surface area (Å²) in [5.41, 5.74) is 2.67. The number of carbonyl (C=O) groups excluding carboxylic acids is 1. The second-order valence-electron chi connectivity index (χ2n) is 3.20. The molecular weight excluding hydrogens is 194 g/mol. The topological polar surface area (TPSA) is 57.6 Å².